The number of aliphatic hydroxyl groups excluding tert-OH is 1. The number of rotatable bonds is 9. The molecule has 2 aromatic heterocycles. The van der Waals surface area contributed by atoms with Crippen LogP contribution in [0.3, 0.4) is 0 Å². The van der Waals surface area contributed by atoms with Crippen LogP contribution in [0.25, 0.3) is 11.2 Å². The number of H-pyrrole nitrogens is 1. The number of carbonyl (C=O) groups excluding carboxylic acids is 2. The molecule has 0 aliphatic heterocycles. The summed E-state index contributed by atoms with van der Waals surface area (Å²) in [6, 6.07) is 13.5. The highest BCUT2D eigenvalue weighted by atomic mass is 35.5. The van der Waals surface area contributed by atoms with Crippen molar-refractivity contribution in [3.63, 3.8) is 0 Å². The van der Waals surface area contributed by atoms with Crippen molar-refractivity contribution < 1.29 is 14.7 Å². The lowest BCUT2D eigenvalue weighted by atomic mass is 10.1. The molecule has 0 saturated carbocycles. The Balaban J connectivity index is 1.29. The summed E-state index contributed by atoms with van der Waals surface area (Å²) in [6.45, 7) is 4.28. The second kappa shape index (κ2) is 12.3. The van der Waals surface area contributed by atoms with E-state index in [1.807, 2.05) is 26.0 Å². The zero-order chi connectivity index (χ0) is 27.2. The normalized spacial score (nSPS) is 11.9. The Bertz CT molecular complexity index is 1420. The van der Waals surface area contributed by atoms with Crippen LogP contribution in [-0.4, -0.2) is 56.0 Å². The Kier molecular flexibility index (Phi) is 8.83. The van der Waals surface area contributed by atoms with Crippen LogP contribution >= 0.6 is 23.2 Å². The standard InChI is InChI=1S/C27H28Cl2N6O3/c1-16(2)35(14-24(36)18-5-8-21(28)22(29)11-18)27(38)34-20-6-3-17(4-7-20)9-10-30-26(37)19-12-23-25(31-13-19)33-15-32-23/h3-8,11-13,15-16,24,36H,9-10,14H2,1-2H3,(H,30,37)(H,34,38)(H,31,32,33)/t24-/m1/s1. The van der Waals surface area contributed by atoms with Crippen molar-refractivity contribution in [2.75, 3.05) is 18.4 Å². The molecule has 0 aliphatic carbocycles. The molecule has 0 spiro atoms. The van der Waals surface area contributed by atoms with Crippen molar-refractivity contribution in [1.29, 1.82) is 0 Å². The molecule has 38 heavy (non-hydrogen) atoms. The van der Waals surface area contributed by atoms with Crippen molar-refractivity contribution in [3.05, 3.63) is 87.8 Å². The molecule has 0 bridgehead atoms. The van der Waals surface area contributed by atoms with Crippen molar-refractivity contribution in [2.24, 2.45) is 0 Å². The highest BCUT2D eigenvalue weighted by Crippen LogP contribution is 2.26. The number of urea groups is 1. The number of imidazole rings is 1. The minimum absolute atomic E-state index is 0.0854. The summed E-state index contributed by atoms with van der Waals surface area (Å²) in [7, 11) is 0. The number of aromatic nitrogens is 3. The van der Waals surface area contributed by atoms with E-state index >= 15 is 0 Å². The van der Waals surface area contributed by atoms with Crippen molar-refractivity contribution in [2.45, 2.75) is 32.4 Å². The first-order chi connectivity index (χ1) is 18.2. The number of pyridine rings is 1. The van der Waals surface area contributed by atoms with E-state index in [1.54, 1.807) is 41.3 Å². The van der Waals surface area contributed by atoms with Gasteiger partial charge in [-0.3, -0.25) is 4.79 Å². The molecule has 0 aliphatic rings. The third-order valence-electron chi connectivity index (χ3n) is 6.02. The van der Waals surface area contributed by atoms with Gasteiger partial charge in [-0.25, -0.2) is 14.8 Å². The van der Waals surface area contributed by atoms with E-state index in [0.717, 1.165) is 5.56 Å². The van der Waals surface area contributed by atoms with Gasteiger partial charge < -0.3 is 25.6 Å². The number of amides is 3. The summed E-state index contributed by atoms with van der Waals surface area (Å²) in [5.74, 6) is -0.213. The maximum atomic E-state index is 13.0. The zero-order valence-corrected chi connectivity index (χ0v) is 22.4. The average Bonchev–Trinajstić information content (AvgIpc) is 3.37. The second-order valence-electron chi connectivity index (χ2n) is 9.07. The van der Waals surface area contributed by atoms with Crippen molar-refractivity contribution in [3.8, 4) is 0 Å². The fourth-order valence-corrected chi connectivity index (χ4v) is 4.17. The Morgan fingerprint density at radius 2 is 1.82 bits per heavy atom. The summed E-state index contributed by atoms with van der Waals surface area (Å²) in [5, 5.41) is 17.2. The van der Waals surface area contributed by atoms with Crippen LogP contribution in [0.15, 0.2) is 61.1 Å². The minimum Gasteiger partial charge on any atom is -0.387 e. The van der Waals surface area contributed by atoms with E-state index in [9.17, 15) is 14.7 Å². The van der Waals surface area contributed by atoms with Gasteiger partial charge in [-0.05, 0) is 61.7 Å². The monoisotopic (exact) mass is 554 g/mol. The van der Waals surface area contributed by atoms with E-state index in [1.165, 1.54) is 12.5 Å². The lowest BCUT2D eigenvalue weighted by molar-refractivity contribution is 0.0954. The molecule has 4 aromatic rings. The number of hydrogen-bond acceptors (Lipinski definition) is 5. The summed E-state index contributed by atoms with van der Waals surface area (Å²) in [5.41, 5.74) is 3.92. The lowest BCUT2D eigenvalue weighted by Crippen LogP contribution is -2.42. The van der Waals surface area contributed by atoms with Crippen molar-refractivity contribution >= 4 is 52.0 Å². The largest absolute Gasteiger partial charge is 0.387 e. The third-order valence-corrected chi connectivity index (χ3v) is 6.76. The fraction of sp³-hybridized carbons (Fsp3) is 0.259. The second-order valence-corrected chi connectivity index (χ2v) is 9.88. The van der Waals surface area contributed by atoms with Gasteiger partial charge in [-0.2, -0.15) is 0 Å². The van der Waals surface area contributed by atoms with E-state index in [4.69, 9.17) is 23.2 Å². The van der Waals surface area contributed by atoms with Crippen LogP contribution in [-0.2, 0) is 6.42 Å². The first kappa shape index (κ1) is 27.4. The molecule has 0 saturated heterocycles. The number of benzene rings is 2. The fourth-order valence-electron chi connectivity index (χ4n) is 3.87. The van der Waals surface area contributed by atoms with Crippen LogP contribution in [0.5, 0.6) is 0 Å². The highest BCUT2D eigenvalue weighted by molar-refractivity contribution is 6.42. The summed E-state index contributed by atoms with van der Waals surface area (Å²) in [6.07, 6.45) is 2.73. The minimum atomic E-state index is -0.923. The number of aliphatic hydroxyl groups is 1. The van der Waals surface area contributed by atoms with E-state index < -0.39 is 6.10 Å². The quantitative estimate of drug-likeness (QED) is 0.226. The Hall–Kier alpha value is -3.66. The average molecular weight is 555 g/mol. The van der Waals surface area contributed by atoms with Gasteiger partial charge in [0.15, 0.2) is 5.65 Å². The molecule has 0 radical (unpaired) electrons. The van der Waals surface area contributed by atoms with E-state index in [0.29, 0.717) is 51.0 Å². The molecular weight excluding hydrogens is 527 g/mol. The molecule has 9 nitrogen and oxygen atoms in total. The number of halogens is 2. The van der Waals surface area contributed by atoms with Gasteiger partial charge in [0.25, 0.3) is 5.91 Å². The van der Waals surface area contributed by atoms with Crippen LogP contribution in [0.4, 0.5) is 10.5 Å². The smallest absolute Gasteiger partial charge is 0.322 e. The Labute approximate surface area is 230 Å². The SMILES string of the molecule is CC(C)N(C[C@@H](O)c1ccc(Cl)c(Cl)c1)C(=O)Nc1ccc(CCNC(=O)c2cnc3nc[nH]c3c2)cc1. The van der Waals surface area contributed by atoms with Gasteiger partial charge >= 0.3 is 6.03 Å². The topological polar surface area (TPSA) is 123 Å². The first-order valence-corrected chi connectivity index (χ1v) is 12.8. The van der Waals surface area contributed by atoms with Gasteiger partial charge in [0.1, 0.15) is 0 Å². The molecule has 4 rings (SSSR count). The third kappa shape index (κ3) is 6.80. The van der Waals surface area contributed by atoms with Gasteiger partial charge in [0.05, 0.1) is 40.1 Å². The molecule has 198 valence electrons. The summed E-state index contributed by atoms with van der Waals surface area (Å²) in [4.78, 5) is 38.1. The summed E-state index contributed by atoms with van der Waals surface area (Å²) >= 11 is 12.0. The highest BCUT2D eigenvalue weighted by Gasteiger charge is 2.22. The first-order valence-electron chi connectivity index (χ1n) is 12.1. The predicted molar refractivity (Wildman–Crippen MR) is 149 cm³/mol. The van der Waals surface area contributed by atoms with Gasteiger partial charge in [-0.15, -0.1) is 0 Å². The Morgan fingerprint density at radius 3 is 2.53 bits per heavy atom. The number of hydrogen-bond donors (Lipinski definition) is 4. The number of nitrogens with one attached hydrogen (secondary N) is 3. The number of nitrogens with zero attached hydrogens (tertiary/aromatic N) is 3. The molecule has 0 unspecified atom stereocenters. The number of aromatic amines is 1. The zero-order valence-electron chi connectivity index (χ0n) is 20.9. The number of anilines is 1. The van der Waals surface area contributed by atoms with Gasteiger partial charge in [0.2, 0.25) is 0 Å². The van der Waals surface area contributed by atoms with Crippen LogP contribution in [0, 0.1) is 0 Å². The van der Waals surface area contributed by atoms with Gasteiger partial charge in [0, 0.05) is 24.5 Å². The maximum Gasteiger partial charge on any atom is 0.322 e. The van der Waals surface area contributed by atoms with Gasteiger partial charge in [-0.1, -0.05) is 41.4 Å². The number of fused-ring (bicyclic) bond motifs is 1. The van der Waals surface area contributed by atoms with E-state index in [2.05, 4.69) is 25.6 Å². The molecule has 2 aromatic carbocycles. The maximum absolute atomic E-state index is 13.0. The molecule has 1 atom stereocenters. The van der Waals surface area contributed by atoms with Crippen LogP contribution in [0.2, 0.25) is 10.0 Å². The van der Waals surface area contributed by atoms with Crippen molar-refractivity contribution in [1.82, 2.24) is 25.2 Å². The Morgan fingerprint density at radius 1 is 1.05 bits per heavy atom. The van der Waals surface area contributed by atoms with Crippen LogP contribution < -0.4 is 10.6 Å². The summed E-state index contributed by atoms with van der Waals surface area (Å²) < 4.78 is 0. The molecule has 11 heteroatoms. The van der Waals surface area contributed by atoms with Crippen LogP contribution in [0.1, 0.15) is 41.4 Å². The molecule has 4 N–H and O–H groups in total. The molecule has 0 fully saturated rings. The number of carbonyl (C=O) groups is 2. The molecular formula is C27H28Cl2N6O3. The lowest BCUT2D eigenvalue weighted by Gasteiger charge is -2.29. The predicted octanol–water partition coefficient (Wildman–Crippen LogP) is 5.21. The van der Waals surface area contributed by atoms with E-state index in [-0.39, 0.29) is 24.5 Å². The molecule has 2 heterocycles. The molecule has 3 amide bonds.